The highest BCUT2D eigenvalue weighted by atomic mass is 32.2. The second-order valence-corrected chi connectivity index (χ2v) is 10.2. The number of carbonyl (C=O) groups excluding carboxylic acids is 1. The third-order valence-corrected chi connectivity index (χ3v) is 8.01. The van der Waals surface area contributed by atoms with Crippen molar-refractivity contribution in [1.29, 1.82) is 0 Å². The van der Waals surface area contributed by atoms with Crippen LogP contribution >= 0.6 is 0 Å². The van der Waals surface area contributed by atoms with Gasteiger partial charge in [-0.25, -0.2) is 8.42 Å². The third kappa shape index (κ3) is 6.34. The van der Waals surface area contributed by atoms with Crippen LogP contribution in [-0.4, -0.2) is 56.8 Å². The standard InChI is InChI=1S/C25H35N3O4S/c1-4-27(5-2)19-20-11-10-12-22(17-20)26-25(29)21-13-14-23(32-3)24(18-21)33(30,31)28-15-8-6-7-9-16-28/h10-14,17-18H,4-9,15-16,19H2,1-3H3,(H,26,29). The normalized spacial score (nSPS) is 15.3. The number of methoxy groups -OCH3 is 1. The Morgan fingerprint density at radius 3 is 2.36 bits per heavy atom. The lowest BCUT2D eigenvalue weighted by molar-refractivity contribution is 0.102. The predicted octanol–water partition coefficient (Wildman–Crippen LogP) is 4.35. The van der Waals surface area contributed by atoms with E-state index in [-0.39, 0.29) is 22.1 Å². The van der Waals surface area contributed by atoms with E-state index in [2.05, 4.69) is 24.1 Å². The van der Waals surface area contributed by atoms with Crippen molar-refractivity contribution in [2.45, 2.75) is 51.0 Å². The maximum atomic E-state index is 13.4. The van der Waals surface area contributed by atoms with Crippen molar-refractivity contribution in [2.24, 2.45) is 0 Å². The summed E-state index contributed by atoms with van der Waals surface area (Å²) in [6.07, 6.45) is 3.73. The van der Waals surface area contributed by atoms with Gasteiger partial charge in [0, 0.05) is 30.9 Å². The Bertz CT molecular complexity index is 1040. The highest BCUT2D eigenvalue weighted by Crippen LogP contribution is 2.29. The molecular weight excluding hydrogens is 438 g/mol. The molecule has 1 heterocycles. The molecule has 0 unspecified atom stereocenters. The van der Waals surface area contributed by atoms with Crippen LogP contribution < -0.4 is 10.1 Å². The number of ether oxygens (including phenoxy) is 1. The number of amides is 1. The summed E-state index contributed by atoms with van der Waals surface area (Å²) in [6, 6.07) is 12.3. The summed E-state index contributed by atoms with van der Waals surface area (Å²) in [5.74, 6) is -0.109. The van der Waals surface area contributed by atoms with Crippen LogP contribution in [0.15, 0.2) is 47.4 Å². The number of rotatable bonds is 9. The minimum absolute atomic E-state index is 0.0369. The van der Waals surface area contributed by atoms with Gasteiger partial charge in [-0.1, -0.05) is 38.8 Å². The molecule has 2 aromatic rings. The van der Waals surface area contributed by atoms with Gasteiger partial charge in [-0.05, 0) is 61.8 Å². The number of hydrogen-bond acceptors (Lipinski definition) is 5. The Morgan fingerprint density at radius 2 is 1.73 bits per heavy atom. The van der Waals surface area contributed by atoms with E-state index < -0.39 is 10.0 Å². The van der Waals surface area contributed by atoms with Gasteiger partial charge in [-0.3, -0.25) is 9.69 Å². The summed E-state index contributed by atoms with van der Waals surface area (Å²) in [5, 5.41) is 2.91. The Morgan fingerprint density at radius 1 is 1.03 bits per heavy atom. The van der Waals surface area contributed by atoms with Crippen molar-refractivity contribution in [3.8, 4) is 5.75 Å². The third-order valence-electron chi connectivity index (χ3n) is 6.09. The maximum Gasteiger partial charge on any atom is 0.255 e. The molecule has 1 aliphatic heterocycles. The summed E-state index contributed by atoms with van der Waals surface area (Å²) in [4.78, 5) is 15.3. The number of nitrogens with zero attached hydrogens (tertiary/aromatic N) is 2. The maximum absolute atomic E-state index is 13.4. The molecule has 0 bridgehead atoms. The molecule has 0 aliphatic carbocycles. The van der Waals surface area contributed by atoms with Gasteiger partial charge in [0.05, 0.1) is 7.11 Å². The number of carbonyl (C=O) groups is 1. The van der Waals surface area contributed by atoms with E-state index in [1.54, 1.807) is 12.1 Å². The molecule has 1 fully saturated rings. The number of sulfonamides is 1. The highest BCUT2D eigenvalue weighted by Gasteiger charge is 2.29. The topological polar surface area (TPSA) is 79.0 Å². The molecule has 1 N–H and O–H groups in total. The van der Waals surface area contributed by atoms with Gasteiger partial charge in [0.15, 0.2) is 0 Å². The summed E-state index contributed by atoms with van der Waals surface area (Å²) in [6.45, 7) is 7.92. The Kier molecular flexibility index (Phi) is 8.88. The van der Waals surface area contributed by atoms with Crippen LogP contribution in [0.2, 0.25) is 0 Å². The second-order valence-electron chi connectivity index (χ2n) is 8.30. The summed E-state index contributed by atoms with van der Waals surface area (Å²) in [7, 11) is -2.32. The zero-order valence-electron chi connectivity index (χ0n) is 19.8. The SMILES string of the molecule is CCN(CC)Cc1cccc(NC(=O)c2ccc(OC)c(S(=O)(=O)N3CCCCCC3)c2)c1. The number of nitrogens with one attached hydrogen (secondary N) is 1. The molecule has 1 amide bonds. The first-order chi connectivity index (χ1) is 15.9. The molecule has 2 aromatic carbocycles. The van der Waals surface area contributed by atoms with Gasteiger partial charge in [-0.15, -0.1) is 0 Å². The Balaban J connectivity index is 1.83. The molecule has 0 aromatic heterocycles. The first-order valence-electron chi connectivity index (χ1n) is 11.7. The lowest BCUT2D eigenvalue weighted by atomic mass is 10.1. The molecule has 8 heteroatoms. The molecule has 33 heavy (non-hydrogen) atoms. The van der Waals surface area contributed by atoms with Crippen LogP contribution in [0.1, 0.15) is 55.5 Å². The van der Waals surface area contributed by atoms with Gasteiger partial charge < -0.3 is 10.1 Å². The smallest absolute Gasteiger partial charge is 0.255 e. The van der Waals surface area contributed by atoms with Gasteiger partial charge in [-0.2, -0.15) is 4.31 Å². The van der Waals surface area contributed by atoms with E-state index in [4.69, 9.17) is 4.74 Å². The monoisotopic (exact) mass is 473 g/mol. The van der Waals surface area contributed by atoms with Crippen LogP contribution in [0, 0.1) is 0 Å². The average Bonchev–Trinajstić information content (AvgIpc) is 3.12. The molecule has 7 nitrogen and oxygen atoms in total. The highest BCUT2D eigenvalue weighted by molar-refractivity contribution is 7.89. The van der Waals surface area contributed by atoms with E-state index >= 15 is 0 Å². The fraction of sp³-hybridized carbons (Fsp3) is 0.480. The molecule has 0 atom stereocenters. The zero-order valence-corrected chi connectivity index (χ0v) is 20.7. The molecule has 0 spiro atoms. The fourth-order valence-electron chi connectivity index (χ4n) is 4.10. The molecule has 180 valence electrons. The van der Waals surface area contributed by atoms with Crippen molar-refractivity contribution in [2.75, 3.05) is 38.6 Å². The summed E-state index contributed by atoms with van der Waals surface area (Å²) < 4.78 is 33.6. The predicted molar refractivity (Wildman–Crippen MR) is 131 cm³/mol. The molecule has 1 saturated heterocycles. The molecular formula is C25H35N3O4S. The second kappa shape index (κ2) is 11.6. The van der Waals surface area contributed by atoms with E-state index in [0.717, 1.165) is 50.9 Å². The minimum atomic E-state index is -3.76. The largest absolute Gasteiger partial charge is 0.495 e. The minimum Gasteiger partial charge on any atom is -0.495 e. The lowest BCUT2D eigenvalue weighted by Gasteiger charge is -2.21. The van der Waals surface area contributed by atoms with Crippen molar-refractivity contribution in [3.05, 3.63) is 53.6 Å². The summed E-state index contributed by atoms with van der Waals surface area (Å²) >= 11 is 0. The average molecular weight is 474 g/mol. The van der Waals surface area contributed by atoms with Crippen molar-refractivity contribution < 1.29 is 17.9 Å². The molecule has 0 saturated carbocycles. The van der Waals surface area contributed by atoms with Crippen LogP contribution in [-0.2, 0) is 16.6 Å². The number of benzene rings is 2. The van der Waals surface area contributed by atoms with E-state index in [0.29, 0.717) is 18.8 Å². The Hall–Kier alpha value is -2.42. The van der Waals surface area contributed by atoms with E-state index in [1.807, 2.05) is 24.3 Å². The van der Waals surface area contributed by atoms with Crippen LogP contribution in [0.3, 0.4) is 0 Å². The molecule has 1 aliphatic rings. The molecule has 3 rings (SSSR count). The lowest BCUT2D eigenvalue weighted by Crippen LogP contribution is -2.32. The van der Waals surface area contributed by atoms with Crippen LogP contribution in [0.5, 0.6) is 5.75 Å². The van der Waals surface area contributed by atoms with Crippen LogP contribution in [0.4, 0.5) is 5.69 Å². The Labute approximate surface area is 197 Å². The van der Waals surface area contributed by atoms with Crippen molar-refractivity contribution in [3.63, 3.8) is 0 Å². The van der Waals surface area contributed by atoms with Crippen LogP contribution in [0.25, 0.3) is 0 Å². The van der Waals surface area contributed by atoms with E-state index in [1.165, 1.54) is 17.5 Å². The quantitative estimate of drug-likeness (QED) is 0.586. The number of anilines is 1. The van der Waals surface area contributed by atoms with Gasteiger partial charge in [0.25, 0.3) is 5.91 Å². The van der Waals surface area contributed by atoms with Crippen molar-refractivity contribution in [1.82, 2.24) is 9.21 Å². The molecule has 0 radical (unpaired) electrons. The first kappa shape index (κ1) is 25.2. The number of hydrogen-bond donors (Lipinski definition) is 1. The first-order valence-corrected chi connectivity index (χ1v) is 13.1. The van der Waals surface area contributed by atoms with Crippen molar-refractivity contribution >= 4 is 21.6 Å². The van der Waals surface area contributed by atoms with Gasteiger partial charge in [0.1, 0.15) is 10.6 Å². The summed E-state index contributed by atoms with van der Waals surface area (Å²) in [5.41, 5.74) is 2.06. The fourth-order valence-corrected chi connectivity index (χ4v) is 5.80. The van der Waals surface area contributed by atoms with E-state index in [9.17, 15) is 13.2 Å². The zero-order chi connectivity index (χ0) is 23.8. The van der Waals surface area contributed by atoms with Gasteiger partial charge in [0.2, 0.25) is 10.0 Å². The van der Waals surface area contributed by atoms with Gasteiger partial charge >= 0.3 is 0 Å².